The number of amides is 3. The van der Waals surface area contributed by atoms with Gasteiger partial charge in [0.05, 0.1) is 18.0 Å². The van der Waals surface area contributed by atoms with Gasteiger partial charge in [0.25, 0.3) is 0 Å². The van der Waals surface area contributed by atoms with E-state index in [9.17, 15) is 14.4 Å². The van der Waals surface area contributed by atoms with Crippen molar-refractivity contribution in [3.63, 3.8) is 0 Å². The van der Waals surface area contributed by atoms with E-state index < -0.39 is 22.9 Å². The van der Waals surface area contributed by atoms with Crippen molar-refractivity contribution in [2.45, 2.75) is 78.9 Å². The second kappa shape index (κ2) is 13.2. The van der Waals surface area contributed by atoms with E-state index in [0.717, 1.165) is 17.9 Å². The molecule has 1 aromatic carbocycles. The van der Waals surface area contributed by atoms with Gasteiger partial charge in [-0.15, -0.1) is 11.8 Å². The Kier molecular flexibility index (Phi) is 11.0. The third-order valence-electron chi connectivity index (χ3n) is 7.47. The van der Waals surface area contributed by atoms with Crippen molar-refractivity contribution in [3.8, 4) is 0 Å². The zero-order chi connectivity index (χ0) is 28.8. The SMILES string of the molecule is CNC(C(=O)NC(C(=O)N(C)C(/C=C(\C)C(=O)N1CCSC1)C(C)C)C(C)(C)C)C(C)(C)c1ccccc1. The number of hydrogen-bond acceptors (Lipinski definition) is 5. The average Bonchev–Trinajstić information content (AvgIpc) is 3.39. The van der Waals surface area contributed by atoms with Crippen molar-refractivity contribution < 1.29 is 14.4 Å². The van der Waals surface area contributed by atoms with E-state index in [1.807, 2.05) is 96.7 Å². The maximum atomic E-state index is 14.0. The Bertz CT molecular complexity index is 995. The number of rotatable bonds is 10. The quantitative estimate of drug-likeness (QED) is 0.435. The molecule has 3 unspecified atom stereocenters. The van der Waals surface area contributed by atoms with Crippen LogP contribution in [-0.4, -0.2) is 77.9 Å². The fourth-order valence-electron chi connectivity index (χ4n) is 4.98. The topological polar surface area (TPSA) is 81.8 Å². The molecule has 0 spiro atoms. The fourth-order valence-corrected chi connectivity index (χ4v) is 5.93. The number of nitrogens with zero attached hydrogens (tertiary/aromatic N) is 2. The minimum Gasteiger partial charge on any atom is -0.342 e. The van der Waals surface area contributed by atoms with E-state index in [2.05, 4.69) is 10.6 Å². The number of hydrogen-bond donors (Lipinski definition) is 2. The van der Waals surface area contributed by atoms with E-state index in [0.29, 0.717) is 11.4 Å². The van der Waals surface area contributed by atoms with Crippen LogP contribution < -0.4 is 10.6 Å². The smallest absolute Gasteiger partial charge is 0.249 e. The van der Waals surface area contributed by atoms with Crippen molar-refractivity contribution in [1.82, 2.24) is 20.4 Å². The number of benzene rings is 1. The Hall–Kier alpha value is -2.32. The van der Waals surface area contributed by atoms with Crippen molar-refractivity contribution in [2.75, 3.05) is 32.3 Å². The molecule has 2 N–H and O–H groups in total. The molecule has 1 fully saturated rings. The summed E-state index contributed by atoms with van der Waals surface area (Å²) in [7, 11) is 3.54. The summed E-state index contributed by atoms with van der Waals surface area (Å²) in [6, 6.07) is 8.33. The first kappa shape index (κ1) is 31.9. The van der Waals surface area contributed by atoms with Crippen molar-refractivity contribution >= 4 is 29.5 Å². The van der Waals surface area contributed by atoms with Crippen LogP contribution in [0.15, 0.2) is 42.0 Å². The van der Waals surface area contributed by atoms with Crippen LogP contribution in [0.2, 0.25) is 0 Å². The first-order valence-corrected chi connectivity index (χ1v) is 14.6. The number of carbonyl (C=O) groups is 3. The third-order valence-corrected chi connectivity index (χ3v) is 8.43. The van der Waals surface area contributed by atoms with E-state index in [4.69, 9.17) is 0 Å². The summed E-state index contributed by atoms with van der Waals surface area (Å²) in [6.45, 7) is 16.6. The summed E-state index contributed by atoms with van der Waals surface area (Å²) in [5.41, 5.74) is 0.638. The van der Waals surface area contributed by atoms with Crippen LogP contribution in [0.3, 0.4) is 0 Å². The molecule has 38 heavy (non-hydrogen) atoms. The lowest BCUT2D eigenvalue weighted by molar-refractivity contribution is -0.141. The number of carbonyl (C=O) groups excluding carboxylic acids is 3. The van der Waals surface area contributed by atoms with Crippen LogP contribution in [0.1, 0.15) is 61.0 Å². The normalized spacial score (nSPS) is 17.2. The lowest BCUT2D eigenvalue weighted by atomic mass is 9.76. The number of thioether (sulfide) groups is 1. The zero-order valence-corrected chi connectivity index (χ0v) is 25.7. The van der Waals surface area contributed by atoms with Gasteiger partial charge < -0.3 is 20.4 Å². The summed E-state index contributed by atoms with van der Waals surface area (Å²) < 4.78 is 0. The lowest BCUT2D eigenvalue weighted by Crippen LogP contribution is -2.61. The maximum Gasteiger partial charge on any atom is 0.249 e. The second-order valence-corrected chi connectivity index (χ2v) is 13.3. The second-order valence-electron chi connectivity index (χ2n) is 12.3. The molecule has 3 atom stereocenters. The van der Waals surface area contributed by atoms with Crippen molar-refractivity contribution in [3.05, 3.63) is 47.5 Å². The summed E-state index contributed by atoms with van der Waals surface area (Å²) in [5.74, 6) is 1.35. The summed E-state index contributed by atoms with van der Waals surface area (Å²) >= 11 is 1.75. The predicted molar refractivity (Wildman–Crippen MR) is 158 cm³/mol. The third kappa shape index (κ3) is 7.63. The molecular weight excluding hydrogens is 496 g/mol. The zero-order valence-electron chi connectivity index (χ0n) is 24.9. The summed E-state index contributed by atoms with van der Waals surface area (Å²) in [4.78, 5) is 44.1. The standard InChI is InChI=1S/C30H48N4O3S/c1-20(2)23(18-21(3)27(36)34-16-17-38-19-34)33(10)28(37)25(29(4,5)6)32-26(35)24(31-9)30(7,8)22-14-12-11-13-15-22/h11-15,18,20,23-25,31H,16-17,19H2,1-10H3,(H,32,35)/b21-18+. The predicted octanol–water partition coefficient (Wildman–Crippen LogP) is 4.05. The van der Waals surface area contributed by atoms with Crippen LogP contribution in [0, 0.1) is 11.3 Å². The Morgan fingerprint density at radius 3 is 2.13 bits per heavy atom. The van der Waals surface area contributed by atoms with Gasteiger partial charge in [-0.3, -0.25) is 14.4 Å². The fraction of sp³-hybridized carbons (Fsp3) is 0.633. The molecule has 3 amide bonds. The molecule has 7 nitrogen and oxygen atoms in total. The van der Waals surface area contributed by atoms with Crippen molar-refractivity contribution in [2.24, 2.45) is 11.3 Å². The van der Waals surface area contributed by atoms with Crippen LogP contribution >= 0.6 is 11.8 Å². The van der Waals surface area contributed by atoms with Gasteiger partial charge in [-0.2, -0.15) is 0 Å². The Morgan fingerprint density at radius 2 is 1.66 bits per heavy atom. The summed E-state index contributed by atoms with van der Waals surface area (Å²) in [6.07, 6.45) is 1.91. The highest BCUT2D eigenvalue weighted by molar-refractivity contribution is 7.99. The molecule has 212 valence electrons. The number of nitrogens with one attached hydrogen (secondary N) is 2. The number of likely N-dealkylation sites (N-methyl/N-ethyl adjacent to an activating group) is 2. The van der Waals surface area contributed by atoms with E-state index >= 15 is 0 Å². The average molecular weight is 545 g/mol. The van der Waals surface area contributed by atoms with Gasteiger partial charge in [0.1, 0.15) is 6.04 Å². The van der Waals surface area contributed by atoms with E-state index in [-0.39, 0.29) is 29.7 Å². The molecule has 0 saturated carbocycles. The van der Waals surface area contributed by atoms with E-state index in [1.165, 1.54) is 0 Å². The van der Waals surface area contributed by atoms with Crippen LogP contribution in [-0.2, 0) is 19.8 Å². The van der Waals surface area contributed by atoms with Gasteiger partial charge >= 0.3 is 0 Å². The van der Waals surface area contributed by atoms with E-state index in [1.54, 1.807) is 30.8 Å². The van der Waals surface area contributed by atoms with Crippen LogP contribution in [0.5, 0.6) is 0 Å². The summed E-state index contributed by atoms with van der Waals surface area (Å²) in [5, 5.41) is 6.27. The van der Waals surface area contributed by atoms with Gasteiger partial charge in [0, 0.05) is 30.3 Å². The monoisotopic (exact) mass is 544 g/mol. The Morgan fingerprint density at radius 1 is 1.05 bits per heavy atom. The molecule has 0 radical (unpaired) electrons. The molecule has 8 heteroatoms. The molecule has 1 heterocycles. The molecular formula is C30H48N4O3S. The molecule has 0 bridgehead atoms. The molecule has 0 aliphatic carbocycles. The van der Waals surface area contributed by atoms with Crippen LogP contribution in [0.25, 0.3) is 0 Å². The first-order valence-electron chi connectivity index (χ1n) is 13.5. The molecule has 1 aliphatic heterocycles. The molecule has 1 aromatic rings. The molecule has 2 rings (SSSR count). The maximum absolute atomic E-state index is 14.0. The minimum atomic E-state index is -0.747. The highest BCUT2D eigenvalue weighted by atomic mass is 32.2. The van der Waals surface area contributed by atoms with Gasteiger partial charge in [-0.25, -0.2) is 0 Å². The molecule has 0 aromatic heterocycles. The lowest BCUT2D eigenvalue weighted by Gasteiger charge is -2.40. The largest absolute Gasteiger partial charge is 0.342 e. The van der Waals surface area contributed by atoms with Gasteiger partial charge in [-0.1, -0.05) is 84.9 Å². The molecule has 1 saturated heterocycles. The minimum absolute atomic E-state index is 0.0159. The molecule has 1 aliphatic rings. The van der Waals surface area contributed by atoms with Gasteiger partial charge in [0.15, 0.2) is 0 Å². The van der Waals surface area contributed by atoms with Gasteiger partial charge in [0.2, 0.25) is 17.7 Å². The van der Waals surface area contributed by atoms with Crippen LogP contribution in [0.4, 0.5) is 0 Å². The first-order chi connectivity index (χ1) is 17.6. The highest BCUT2D eigenvalue weighted by Gasteiger charge is 2.41. The Balaban J connectivity index is 2.31. The highest BCUT2D eigenvalue weighted by Crippen LogP contribution is 2.29. The van der Waals surface area contributed by atoms with Gasteiger partial charge in [-0.05, 0) is 30.9 Å². The van der Waals surface area contributed by atoms with Crippen molar-refractivity contribution in [1.29, 1.82) is 0 Å². The Labute approximate surface area is 234 Å².